The smallest absolute Gasteiger partial charge is 0.132 e. The molecule has 2 heterocycles. The van der Waals surface area contributed by atoms with Crippen LogP contribution in [-0.2, 0) is 0 Å². The summed E-state index contributed by atoms with van der Waals surface area (Å²) >= 11 is 0. The van der Waals surface area contributed by atoms with Crippen molar-refractivity contribution in [3.8, 4) is 0 Å². The zero-order valence-corrected chi connectivity index (χ0v) is 10.8. The maximum atomic E-state index is 10.1. The predicted octanol–water partition coefficient (Wildman–Crippen LogP) is 2.82. The topological polar surface area (TPSA) is 36.6 Å². The molecule has 1 saturated heterocycles. The fraction of sp³-hybridized carbons (Fsp3) is 0.714. The van der Waals surface area contributed by atoms with Crippen molar-refractivity contribution in [1.29, 1.82) is 0 Å². The van der Waals surface area contributed by atoms with Crippen LogP contribution in [0, 0.1) is 5.92 Å². The van der Waals surface area contributed by atoms with Gasteiger partial charge < -0.3 is 14.4 Å². The minimum Gasteiger partial charge on any atom is -0.467 e. The van der Waals surface area contributed by atoms with Crippen LogP contribution in [0.15, 0.2) is 22.8 Å². The molecule has 3 nitrogen and oxygen atoms in total. The van der Waals surface area contributed by atoms with Crippen LogP contribution in [0.4, 0.5) is 0 Å². The van der Waals surface area contributed by atoms with Gasteiger partial charge in [-0.15, -0.1) is 0 Å². The molecular formula is C14H23NO2. The van der Waals surface area contributed by atoms with Crippen molar-refractivity contribution in [3.05, 3.63) is 24.2 Å². The van der Waals surface area contributed by atoms with Gasteiger partial charge in [-0.1, -0.05) is 13.8 Å². The summed E-state index contributed by atoms with van der Waals surface area (Å²) in [7, 11) is 0. The van der Waals surface area contributed by atoms with Crippen molar-refractivity contribution in [2.45, 2.75) is 45.3 Å². The van der Waals surface area contributed by atoms with Gasteiger partial charge in [0.25, 0.3) is 0 Å². The first kappa shape index (κ1) is 12.7. The van der Waals surface area contributed by atoms with Gasteiger partial charge in [-0.25, -0.2) is 0 Å². The minimum absolute atomic E-state index is 0.456. The van der Waals surface area contributed by atoms with E-state index in [9.17, 15) is 5.11 Å². The largest absolute Gasteiger partial charge is 0.467 e. The third-order valence-electron chi connectivity index (χ3n) is 3.47. The summed E-state index contributed by atoms with van der Waals surface area (Å²) in [4.78, 5) is 2.51. The Bertz CT molecular complexity index is 321. The highest BCUT2D eigenvalue weighted by Gasteiger charge is 2.28. The summed E-state index contributed by atoms with van der Waals surface area (Å²) in [6.45, 7) is 6.81. The average molecular weight is 237 g/mol. The molecule has 0 saturated carbocycles. The van der Waals surface area contributed by atoms with Crippen molar-refractivity contribution in [2.24, 2.45) is 5.92 Å². The van der Waals surface area contributed by atoms with E-state index in [0.29, 0.717) is 17.7 Å². The molecule has 0 radical (unpaired) electrons. The van der Waals surface area contributed by atoms with Gasteiger partial charge in [0, 0.05) is 12.6 Å². The van der Waals surface area contributed by atoms with E-state index in [0.717, 1.165) is 13.0 Å². The SMILES string of the molecule is CC(C)CN1CCCC1CC(O)c1ccco1. The van der Waals surface area contributed by atoms with E-state index in [1.165, 1.54) is 19.4 Å². The fourth-order valence-corrected chi connectivity index (χ4v) is 2.73. The molecule has 2 rings (SSSR count). The van der Waals surface area contributed by atoms with Crippen LogP contribution in [0.2, 0.25) is 0 Å². The molecule has 1 N–H and O–H groups in total. The molecule has 1 aromatic heterocycles. The fourth-order valence-electron chi connectivity index (χ4n) is 2.73. The second-order valence-electron chi connectivity index (χ2n) is 5.45. The highest BCUT2D eigenvalue weighted by atomic mass is 16.4. The quantitative estimate of drug-likeness (QED) is 0.855. The molecule has 0 aromatic carbocycles. The summed E-state index contributed by atoms with van der Waals surface area (Å²) in [6.07, 6.45) is 4.41. The van der Waals surface area contributed by atoms with E-state index >= 15 is 0 Å². The second kappa shape index (κ2) is 5.69. The number of rotatable bonds is 5. The van der Waals surface area contributed by atoms with Gasteiger partial charge in [0.05, 0.1) is 6.26 Å². The van der Waals surface area contributed by atoms with Crippen LogP contribution < -0.4 is 0 Å². The molecule has 2 unspecified atom stereocenters. The zero-order chi connectivity index (χ0) is 12.3. The van der Waals surface area contributed by atoms with Gasteiger partial charge in [0.15, 0.2) is 0 Å². The number of nitrogens with zero attached hydrogens (tertiary/aromatic N) is 1. The average Bonchev–Trinajstić information content (AvgIpc) is 2.89. The molecule has 1 aliphatic rings. The van der Waals surface area contributed by atoms with E-state index in [4.69, 9.17) is 4.42 Å². The van der Waals surface area contributed by atoms with Crippen LogP contribution >= 0.6 is 0 Å². The normalized spacial score (nSPS) is 23.4. The zero-order valence-electron chi connectivity index (χ0n) is 10.8. The van der Waals surface area contributed by atoms with Crippen molar-refractivity contribution >= 4 is 0 Å². The number of hydrogen-bond donors (Lipinski definition) is 1. The molecule has 1 aromatic rings. The van der Waals surface area contributed by atoms with Crippen LogP contribution in [0.1, 0.15) is 45.0 Å². The third kappa shape index (κ3) is 3.33. The van der Waals surface area contributed by atoms with Gasteiger partial charge in [0.1, 0.15) is 11.9 Å². The summed E-state index contributed by atoms with van der Waals surface area (Å²) in [6, 6.07) is 4.20. The first-order chi connectivity index (χ1) is 8.16. The Hall–Kier alpha value is -0.800. The summed E-state index contributed by atoms with van der Waals surface area (Å²) in [5.41, 5.74) is 0. The molecule has 1 aliphatic heterocycles. The first-order valence-corrected chi connectivity index (χ1v) is 6.62. The monoisotopic (exact) mass is 237 g/mol. The Morgan fingerprint density at radius 1 is 1.53 bits per heavy atom. The molecule has 1 fully saturated rings. The van der Waals surface area contributed by atoms with Crippen molar-refractivity contribution < 1.29 is 9.52 Å². The predicted molar refractivity (Wildman–Crippen MR) is 67.7 cm³/mol. The third-order valence-corrected chi connectivity index (χ3v) is 3.47. The maximum Gasteiger partial charge on any atom is 0.132 e. The van der Waals surface area contributed by atoms with E-state index in [1.54, 1.807) is 6.26 Å². The lowest BCUT2D eigenvalue weighted by atomic mass is 10.0. The molecule has 0 amide bonds. The molecule has 0 bridgehead atoms. The van der Waals surface area contributed by atoms with Gasteiger partial charge in [0.2, 0.25) is 0 Å². The van der Waals surface area contributed by atoms with Crippen LogP contribution in [-0.4, -0.2) is 29.1 Å². The lowest BCUT2D eigenvalue weighted by molar-refractivity contribution is 0.0978. The lowest BCUT2D eigenvalue weighted by Crippen LogP contribution is -2.33. The van der Waals surface area contributed by atoms with E-state index in [-0.39, 0.29) is 0 Å². The van der Waals surface area contributed by atoms with Crippen molar-refractivity contribution in [2.75, 3.05) is 13.1 Å². The molecular weight excluding hydrogens is 214 g/mol. The Morgan fingerprint density at radius 2 is 2.35 bits per heavy atom. The maximum absolute atomic E-state index is 10.1. The van der Waals surface area contributed by atoms with Gasteiger partial charge in [-0.3, -0.25) is 0 Å². The standard InChI is InChI=1S/C14H23NO2/c1-11(2)10-15-7-3-5-12(15)9-13(16)14-6-4-8-17-14/h4,6,8,11-13,16H,3,5,7,9-10H2,1-2H3. The van der Waals surface area contributed by atoms with E-state index in [2.05, 4.69) is 18.7 Å². The highest BCUT2D eigenvalue weighted by Crippen LogP contribution is 2.27. The van der Waals surface area contributed by atoms with E-state index in [1.807, 2.05) is 12.1 Å². The molecule has 0 spiro atoms. The van der Waals surface area contributed by atoms with Gasteiger partial charge in [-0.05, 0) is 43.9 Å². The van der Waals surface area contributed by atoms with Gasteiger partial charge >= 0.3 is 0 Å². The van der Waals surface area contributed by atoms with E-state index < -0.39 is 6.10 Å². The molecule has 17 heavy (non-hydrogen) atoms. The number of furan rings is 1. The van der Waals surface area contributed by atoms with Crippen molar-refractivity contribution in [3.63, 3.8) is 0 Å². The summed E-state index contributed by atoms with van der Waals surface area (Å²) < 4.78 is 5.25. The second-order valence-corrected chi connectivity index (χ2v) is 5.45. The Kier molecular flexibility index (Phi) is 4.24. The summed E-state index contributed by atoms with van der Waals surface area (Å²) in [5, 5.41) is 10.1. The Balaban J connectivity index is 1.89. The number of likely N-dealkylation sites (tertiary alicyclic amines) is 1. The minimum atomic E-state index is -0.456. The molecule has 0 aliphatic carbocycles. The molecule has 96 valence electrons. The lowest BCUT2D eigenvalue weighted by Gasteiger charge is -2.27. The number of aliphatic hydroxyl groups is 1. The number of aliphatic hydroxyl groups excluding tert-OH is 1. The van der Waals surface area contributed by atoms with Crippen LogP contribution in [0.3, 0.4) is 0 Å². The Labute approximate surface area is 103 Å². The van der Waals surface area contributed by atoms with Gasteiger partial charge in [-0.2, -0.15) is 0 Å². The highest BCUT2D eigenvalue weighted by molar-refractivity contribution is 5.02. The van der Waals surface area contributed by atoms with Crippen LogP contribution in [0.25, 0.3) is 0 Å². The molecule has 3 heteroatoms. The van der Waals surface area contributed by atoms with Crippen molar-refractivity contribution in [1.82, 2.24) is 4.90 Å². The van der Waals surface area contributed by atoms with Crippen LogP contribution in [0.5, 0.6) is 0 Å². The Morgan fingerprint density at radius 3 is 3.00 bits per heavy atom. The number of hydrogen-bond acceptors (Lipinski definition) is 3. The molecule has 2 atom stereocenters. The summed E-state index contributed by atoms with van der Waals surface area (Å²) in [5.74, 6) is 1.39. The first-order valence-electron chi connectivity index (χ1n) is 6.62.